The molecular weight excluding hydrogens is 386 g/mol. The Kier molecular flexibility index (Phi) is 5.84. The largest absolute Gasteiger partial charge is 0.497 e. The molecule has 1 amide bonds. The Labute approximate surface area is 175 Å². The Bertz CT molecular complexity index is 936. The third-order valence-electron chi connectivity index (χ3n) is 4.99. The molecule has 4 rings (SSSR count). The number of rotatable bonds is 7. The van der Waals surface area contributed by atoms with Crippen molar-refractivity contribution in [2.24, 2.45) is 0 Å². The van der Waals surface area contributed by atoms with E-state index in [4.69, 9.17) is 21.1 Å². The fourth-order valence-corrected chi connectivity index (χ4v) is 3.68. The van der Waals surface area contributed by atoms with Crippen LogP contribution < -0.4 is 4.74 Å². The average molecular weight is 408 g/mol. The molecule has 0 N–H and O–H groups in total. The third-order valence-corrected chi connectivity index (χ3v) is 5.32. The van der Waals surface area contributed by atoms with E-state index in [1.54, 1.807) is 13.2 Å². The van der Waals surface area contributed by atoms with Gasteiger partial charge in [-0.15, -0.1) is 0 Å². The lowest BCUT2D eigenvalue weighted by atomic mass is 10.1. The summed E-state index contributed by atoms with van der Waals surface area (Å²) >= 11 is 6.37. The molecule has 2 atom stereocenters. The van der Waals surface area contributed by atoms with Gasteiger partial charge in [0.15, 0.2) is 6.10 Å². The normalized spacial score (nSPS) is 17.6. The van der Waals surface area contributed by atoms with Crippen molar-refractivity contribution in [3.63, 3.8) is 0 Å². The number of ether oxygens (including phenoxy) is 2. The number of carbonyl (C=O) groups is 1. The van der Waals surface area contributed by atoms with Crippen LogP contribution in [0.5, 0.6) is 5.75 Å². The molecule has 0 spiro atoms. The minimum Gasteiger partial charge on any atom is -0.497 e. The summed E-state index contributed by atoms with van der Waals surface area (Å²) in [6, 6.07) is 25.4. The topological polar surface area (TPSA) is 42.1 Å². The molecule has 0 unspecified atom stereocenters. The highest BCUT2D eigenvalue weighted by Gasteiger charge is 2.48. The van der Waals surface area contributed by atoms with Crippen LogP contribution in [0.15, 0.2) is 78.9 Å². The number of benzene rings is 3. The Balaban J connectivity index is 1.52. The van der Waals surface area contributed by atoms with Gasteiger partial charge >= 0.3 is 0 Å². The predicted octanol–water partition coefficient (Wildman–Crippen LogP) is 5.02. The van der Waals surface area contributed by atoms with Gasteiger partial charge in [-0.25, -0.2) is 0 Å². The van der Waals surface area contributed by atoms with Crippen molar-refractivity contribution >= 4 is 17.5 Å². The second kappa shape index (κ2) is 8.68. The number of carbonyl (C=O) groups excluding carboxylic acids is 1. The van der Waals surface area contributed by atoms with Gasteiger partial charge in [-0.3, -0.25) is 4.79 Å². The van der Waals surface area contributed by atoms with Crippen LogP contribution in [0.3, 0.4) is 0 Å². The first kappa shape index (κ1) is 19.5. The summed E-state index contributed by atoms with van der Waals surface area (Å²) in [5.74, 6) is 0.645. The lowest BCUT2D eigenvalue weighted by Gasteiger charge is -2.22. The van der Waals surface area contributed by atoms with Gasteiger partial charge in [-0.05, 0) is 23.3 Å². The van der Waals surface area contributed by atoms with Crippen molar-refractivity contribution in [2.45, 2.75) is 25.3 Å². The first-order valence-electron chi connectivity index (χ1n) is 9.51. The first-order valence-corrected chi connectivity index (χ1v) is 9.89. The molecule has 1 saturated heterocycles. The molecule has 0 radical (unpaired) electrons. The zero-order chi connectivity index (χ0) is 20.2. The molecule has 148 valence electrons. The number of nitrogens with zero attached hydrogens (tertiary/aromatic N) is 1. The van der Waals surface area contributed by atoms with Crippen molar-refractivity contribution in [2.75, 3.05) is 7.11 Å². The van der Waals surface area contributed by atoms with E-state index in [2.05, 4.69) is 0 Å². The zero-order valence-corrected chi connectivity index (χ0v) is 16.9. The van der Waals surface area contributed by atoms with Gasteiger partial charge in [-0.2, -0.15) is 0 Å². The number of hydrogen-bond acceptors (Lipinski definition) is 3. The van der Waals surface area contributed by atoms with Crippen LogP contribution in [0, 0.1) is 0 Å². The number of methoxy groups -OCH3 is 1. The molecule has 1 aliphatic heterocycles. The molecule has 0 bridgehead atoms. The smallest absolute Gasteiger partial charge is 0.255 e. The van der Waals surface area contributed by atoms with E-state index in [1.165, 1.54) is 0 Å². The molecule has 3 aromatic rings. The van der Waals surface area contributed by atoms with Gasteiger partial charge in [-0.1, -0.05) is 78.3 Å². The maximum atomic E-state index is 13.3. The second-order valence-corrected chi connectivity index (χ2v) is 7.44. The zero-order valence-electron chi connectivity index (χ0n) is 16.1. The molecule has 0 aromatic heterocycles. The van der Waals surface area contributed by atoms with Gasteiger partial charge < -0.3 is 14.4 Å². The van der Waals surface area contributed by atoms with Crippen molar-refractivity contribution in [3.05, 3.63) is 101 Å². The predicted molar refractivity (Wildman–Crippen MR) is 113 cm³/mol. The van der Waals surface area contributed by atoms with Gasteiger partial charge in [0.2, 0.25) is 0 Å². The Hall–Kier alpha value is -2.82. The standard InChI is InChI=1S/C24H22ClNO3/c1-28-19-12-13-20(21(25)14-19)22-23(29-22)24(27)26(15-17-8-4-2-5-9-17)16-18-10-6-3-7-11-18/h2-14,22-23H,15-16H2,1H3/t22-,23+/m0/s1. The van der Waals surface area contributed by atoms with E-state index in [1.807, 2.05) is 77.7 Å². The summed E-state index contributed by atoms with van der Waals surface area (Å²) in [5.41, 5.74) is 2.97. The lowest BCUT2D eigenvalue weighted by Crippen LogP contribution is -2.33. The SMILES string of the molecule is COc1ccc([C@@H]2O[C@H]2C(=O)N(Cc2ccccc2)Cc2ccccc2)c(Cl)c1. The van der Waals surface area contributed by atoms with Crippen LogP contribution in [-0.4, -0.2) is 24.0 Å². The molecular formula is C24H22ClNO3. The third kappa shape index (κ3) is 4.61. The van der Waals surface area contributed by atoms with Crippen LogP contribution in [0.1, 0.15) is 22.8 Å². The maximum absolute atomic E-state index is 13.3. The summed E-state index contributed by atoms with van der Waals surface area (Å²) in [7, 11) is 1.59. The molecule has 3 aromatic carbocycles. The van der Waals surface area contributed by atoms with Gasteiger partial charge in [0.25, 0.3) is 5.91 Å². The summed E-state index contributed by atoms with van der Waals surface area (Å²) < 4.78 is 11.0. The number of halogens is 1. The Morgan fingerprint density at radius 2 is 1.55 bits per heavy atom. The maximum Gasteiger partial charge on any atom is 0.255 e. The Morgan fingerprint density at radius 1 is 0.966 bits per heavy atom. The highest BCUT2D eigenvalue weighted by molar-refractivity contribution is 6.31. The van der Waals surface area contributed by atoms with Crippen molar-refractivity contribution in [1.29, 1.82) is 0 Å². The summed E-state index contributed by atoms with van der Waals surface area (Å²) in [6.07, 6.45) is -0.844. The Morgan fingerprint density at radius 3 is 2.07 bits per heavy atom. The van der Waals surface area contributed by atoms with Crippen molar-refractivity contribution < 1.29 is 14.3 Å². The van der Waals surface area contributed by atoms with Crippen molar-refractivity contribution in [1.82, 2.24) is 4.90 Å². The van der Waals surface area contributed by atoms with Crippen LogP contribution in [0.25, 0.3) is 0 Å². The lowest BCUT2D eigenvalue weighted by molar-refractivity contribution is -0.133. The summed E-state index contributed by atoms with van der Waals surface area (Å²) in [4.78, 5) is 15.1. The first-order chi connectivity index (χ1) is 14.2. The van der Waals surface area contributed by atoms with Gasteiger partial charge in [0.1, 0.15) is 11.9 Å². The molecule has 0 aliphatic carbocycles. The van der Waals surface area contributed by atoms with Crippen LogP contribution in [0.2, 0.25) is 5.02 Å². The van der Waals surface area contributed by atoms with E-state index < -0.39 is 6.10 Å². The van der Waals surface area contributed by atoms with E-state index in [0.29, 0.717) is 23.9 Å². The fourth-order valence-electron chi connectivity index (χ4n) is 3.40. The number of amides is 1. The molecule has 5 heteroatoms. The molecule has 1 aliphatic rings. The second-order valence-electron chi connectivity index (χ2n) is 7.03. The highest BCUT2D eigenvalue weighted by Crippen LogP contribution is 2.44. The summed E-state index contributed by atoms with van der Waals surface area (Å²) in [5, 5.41) is 0.544. The number of epoxide rings is 1. The minimum atomic E-state index is -0.520. The minimum absolute atomic E-state index is 0.0328. The molecule has 29 heavy (non-hydrogen) atoms. The van der Waals surface area contributed by atoms with Crippen LogP contribution in [0.4, 0.5) is 0 Å². The fraction of sp³-hybridized carbons (Fsp3) is 0.208. The number of hydrogen-bond donors (Lipinski definition) is 0. The van der Waals surface area contributed by atoms with Gasteiger partial charge in [0.05, 0.1) is 12.1 Å². The van der Waals surface area contributed by atoms with E-state index >= 15 is 0 Å². The van der Waals surface area contributed by atoms with Crippen LogP contribution in [-0.2, 0) is 22.6 Å². The summed E-state index contributed by atoms with van der Waals surface area (Å²) in [6.45, 7) is 1.05. The molecule has 1 heterocycles. The molecule has 1 fully saturated rings. The molecule has 0 saturated carbocycles. The van der Waals surface area contributed by atoms with E-state index in [-0.39, 0.29) is 12.0 Å². The van der Waals surface area contributed by atoms with Crippen LogP contribution >= 0.6 is 11.6 Å². The van der Waals surface area contributed by atoms with Gasteiger partial charge in [0, 0.05) is 18.7 Å². The van der Waals surface area contributed by atoms with Crippen molar-refractivity contribution in [3.8, 4) is 5.75 Å². The quantitative estimate of drug-likeness (QED) is 0.516. The molecule has 4 nitrogen and oxygen atoms in total. The van der Waals surface area contributed by atoms with E-state index in [9.17, 15) is 4.79 Å². The van der Waals surface area contributed by atoms with E-state index in [0.717, 1.165) is 16.7 Å². The highest BCUT2D eigenvalue weighted by atomic mass is 35.5. The monoisotopic (exact) mass is 407 g/mol. The average Bonchev–Trinajstić information content (AvgIpc) is 3.54.